The van der Waals surface area contributed by atoms with E-state index in [4.69, 9.17) is 6.57 Å². The van der Waals surface area contributed by atoms with Crippen molar-refractivity contribution in [2.75, 3.05) is 0 Å². The Hall–Kier alpha value is -1.60. The number of rotatable bonds is 2. The van der Waals surface area contributed by atoms with Gasteiger partial charge in [0.2, 0.25) is 9.84 Å². The minimum Gasteiger partial charge on any atom is -0.230 e. The van der Waals surface area contributed by atoms with Gasteiger partial charge in [0.15, 0.2) is 0 Å². The fraction of sp³-hybridized carbons (Fsp3) is 0.100. The van der Waals surface area contributed by atoms with Gasteiger partial charge in [0.1, 0.15) is 0 Å². The van der Waals surface area contributed by atoms with Crippen LogP contribution in [0, 0.1) is 13.5 Å². The summed E-state index contributed by atoms with van der Waals surface area (Å²) >= 11 is 0. The van der Waals surface area contributed by atoms with Gasteiger partial charge in [-0.25, -0.2) is 13.3 Å². The molecule has 0 saturated heterocycles. The zero-order chi connectivity index (χ0) is 10.8. The Labute approximate surface area is 83.4 Å². The Balaban J connectivity index is 3.26. The van der Waals surface area contributed by atoms with Gasteiger partial charge in [0, 0.05) is 0 Å². The van der Waals surface area contributed by atoms with E-state index in [9.17, 15) is 8.42 Å². The summed E-state index contributed by atoms with van der Waals surface area (Å²) in [5.41, 5.74) is 0.970. The first-order valence-corrected chi connectivity index (χ1v) is 5.35. The number of hydrogen-bond donors (Lipinski definition) is 0. The molecule has 0 aliphatic heterocycles. The Morgan fingerprint density at radius 2 is 1.86 bits per heavy atom. The minimum atomic E-state index is -3.65. The second kappa shape index (κ2) is 3.64. The smallest absolute Gasteiger partial charge is 0.230 e. The van der Waals surface area contributed by atoms with Crippen molar-refractivity contribution in [3.63, 3.8) is 0 Å². The quantitative estimate of drug-likeness (QED) is 0.697. The van der Waals surface area contributed by atoms with Crippen molar-refractivity contribution < 1.29 is 8.42 Å². The second-order valence-corrected chi connectivity index (χ2v) is 4.77. The van der Waals surface area contributed by atoms with Crippen LogP contribution in [0.4, 0.5) is 0 Å². The third-order valence-electron chi connectivity index (χ3n) is 1.77. The largest absolute Gasteiger partial charge is 0.276 e. The molecular weight excluding hydrogens is 198 g/mol. The van der Waals surface area contributed by atoms with E-state index in [1.54, 1.807) is 12.1 Å². The van der Waals surface area contributed by atoms with Crippen LogP contribution in [0.2, 0.25) is 0 Å². The van der Waals surface area contributed by atoms with Crippen molar-refractivity contribution >= 4 is 9.84 Å². The predicted molar refractivity (Wildman–Crippen MR) is 54.1 cm³/mol. The zero-order valence-electron chi connectivity index (χ0n) is 7.69. The first kappa shape index (κ1) is 10.5. The van der Waals surface area contributed by atoms with E-state index in [1.165, 1.54) is 12.1 Å². The van der Waals surface area contributed by atoms with Crippen molar-refractivity contribution in [2.45, 2.75) is 11.8 Å². The van der Waals surface area contributed by atoms with E-state index >= 15 is 0 Å². The molecule has 0 aromatic heterocycles. The molecule has 0 atom stereocenters. The molecule has 0 unspecified atom stereocenters. The number of benzene rings is 1. The van der Waals surface area contributed by atoms with Crippen molar-refractivity contribution in [1.29, 1.82) is 0 Å². The molecule has 0 N–H and O–H groups in total. The van der Waals surface area contributed by atoms with Crippen molar-refractivity contribution in [3.8, 4) is 0 Å². The van der Waals surface area contributed by atoms with E-state index < -0.39 is 14.9 Å². The highest BCUT2D eigenvalue weighted by molar-refractivity contribution is 7.95. The highest BCUT2D eigenvalue weighted by Crippen LogP contribution is 2.18. The van der Waals surface area contributed by atoms with Crippen molar-refractivity contribution in [2.24, 2.45) is 0 Å². The fourth-order valence-electron chi connectivity index (χ4n) is 0.914. The molecule has 0 aliphatic rings. The first-order chi connectivity index (χ1) is 6.48. The molecule has 0 saturated carbocycles. The first-order valence-electron chi connectivity index (χ1n) is 3.86. The van der Waals surface area contributed by atoms with Gasteiger partial charge >= 0.3 is 0 Å². The Morgan fingerprint density at radius 1 is 1.36 bits per heavy atom. The third kappa shape index (κ3) is 1.83. The molecule has 0 heterocycles. The molecule has 0 radical (unpaired) electrons. The number of nitrogens with zero attached hydrogens (tertiary/aromatic N) is 1. The van der Waals surface area contributed by atoms with E-state index in [0.29, 0.717) is 0 Å². The lowest BCUT2D eigenvalue weighted by Crippen LogP contribution is -2.00. The monoisotopic (exact) mass is 207 g/mol. The summed E-state index contributed by atoms with van der Waals surface area (Å²) in [7, 11) is -3.65. The summed E-state index contributed by atoms with van der Waals surface area (Å²) in [6, 6.07) is 6.32. The molecule has 1 aromatic carbocycles. The molecule has 3 nitrogen and oxygen atoms in total. The van der Waals surface area contributed by atoms with Gasteiger partial charge in [-0.2, -0.15) is 0 Å². The number of sulfone groups is 1. The topological polar surface area (TPSA) is 38.5 Å². The standard InChI is InChI=1S/C10H9NO2S/c1-8-4-6-10(7-5-8)14(12,13)9(2)11-3/h4-7H,2H2,1H3. The van der Waals surface area contributed by atoms with E-state index in [-0.39, 0.29) is 4.90 Å². The summed E-state index contributed by atoms with van der Waals surface area (Å²) in [6.07, 6.45) is 0. The average molecular weight is 207 g/mol. The summed E-state index contributed by atoms with van der Waals surface area (Å²) in [4.78, 5) is 2.94. The molecule has 1 aromatic rings. The van der Waals surface area contributed by atoms with Crippen LogP contribution in [0.25, 0.3) is 4.85 Å². The van der Waals surface area contributed by atoms with Gasteiger partial charge in [0.05, 0.1) is 11.5 Å². The molecule has 0 spiro atoms. The molecule has 14 heavy (non-hydrogen) atoms. The molecule has 0 fully saturated rings. The maximum atomic E-state index is 11.6. The zero-order valence-corrected chi connectivity index (χ0v) is 8.50. The number of hydrogen-bond acceptors (Lipinski definition) is 2. The van der Waals surface area contributed by atoms with Crippen molar-refractivity contribution in [1.82, 2.24) is 0 Å². The Morgan fingerprint density at radius 3 is 2.29 bits per heavy atom. The maximum absolute atomic E-state index is 11.6. The average Bonchev–Trinajstić information content (AvgIpc) is 2.17. The Kier molecular flexibility index (Phi) is 2.73. The molecular formula is C10H9NO2S. The lowest BCUT2D eigenvalue weighted by molar-refractivity contribution is 0.603. The molecule has 72 valence electrons. The van der Waals surface area contributed by atoms with Crippen LogP contribution in [0.15, 0.2) is 40.8 Å². The third-order valence-corrected chi connectivity index (χ3v) is 3.37. The van der Waals surface area contributed by atoms with Crippen LogP contribution >= 0.6 is 0 Å². The SMILES string of the molecule is [C-]#[N+]C(=C)S(=O)(=O)c1ccc(C)cc1. The van der Waals surface area contributed by atoms with Crippen LogP contribution in [-0.2, 0) is 9.84 Å². The predicted octanol–water partition coefficient (Wildman–Crippen LogP) is 2.16. The lowest BCUT2D eigenvalue weighted by atomic mass is 10.2. The molecule has 0 amide bonds. The van der Waals surface area contributed by atoms with Gasteiger partial charge in [-0.15, -0.1) is 0 Å². The van der Waals surface area contributed by atoms with Gasteiger partial charge in [-0.1, -0.05) is 24.3 Å². The minimum absolute atomic E-state index is 0.115. The van der Waals surface area contributed by atoms with Crippen LogP contribution in [0.5, 0.6) is 0 Å². The van der Waals surface area contributed by atoms with E-state index in [1.807, 2.05) is 6.92 Å². The number of aryl methyl sites for hydroxylation is 1. The summed E-state index contributed by atoms with van der Waals surface area (Å²) in [5.74, 6) is 0. The van der Waals surface area contributed by atoms with E-state index in [0.717, 1.165) is 5.56 Å². The van der Waals surface area contributed by atoms with Gasteiger partial charge in [-0.3, -0.25) is 0 Å². The highest BCUT2D eigenvalue weighted by Gasteiger charge is 2.18. The van der Waals surface area contributed by atoms with Crippen LogP contribution in [0.3, 0.4) is 0 Å². The molecule has 0 aliphatic carbocycles. The Bertz CT molecular complexity index is 492. The summed E-state index contributed by atoms with van der Waals surface area (Å²) in [5, 5.41) is -0.443. The van der Waals surface area contributed by atoms with Gasteiger partial charge < -0.3 is 0 Å². The van der Waals surface area contributed by atoms with Gasteiger partial charge in [-0.05, 0) is 19.1 Å². The molecule has 1 rings (SSSR count). The summed E-state index contributed by atoms with van der Waals surface area (Å²) in [6.45, 7) is 11.7. The maximum Gasteiger partial charge on any atom is 0.276 e. The fourth-order valence-corrected chi connectivity index (χ4v) is 1.80. The van der Waals surface area contributed by atoms with Crippen LogP contribution in [0.1, 0.15) is 5.56 Å². The lowest BCUT2D eigenvalue weighted by Gasteiger charge is -2.01. The van der Waals surface area contributed by atoms with Crippen molar-refractivity contribution in [3.05, 3.63) is 52.9 Å². The van der Waals surface area contributed by atoms with E-state index in [2.05, 4.69) is 11.4 Å². The normalized spacial score (nSPS) is 10.6. The van der Waals surface area contributed by atoms with Crippen LogP contribution < -0.4 is 0 Å². The van der Waals surface area contributed by atoms with Gasteiger partial charge in [0.25, 0.3) is 5.03 Å². The highest BCUT2D eigenvalue weighted by atomic mass is 32.2. The molecule has 0 bridgehead atoms. The van der Waals surface area contributed by atoms with Crippen LogP contribution in [-0.4, -0.2) is 8.42 Å². The summed E-state index contributed by atoms with van der Waals surface area (Å²) < 4.78 is 23.1. The second-order valence-electron chi connectivity index (χ2n) is 2.82. The molecule has 4 heteroatoms.